The summed E-state index contributed by atoms with van der Waals surface area (Å²) >= 11 is 2.50. The Morgan fingerprint density at radius 1 is 1.07 bits per heavy atom. The Morgan fingerprint density at radius 2 is 1.86 bits per heavy atom. The molecule has 0 fully saturated rings. The molecule has 3 rings (SSSR count). The lowest BCUT2D eigenvalue weighted by Crippen LogP contribution is -2.45. The van der Waals surface area contributed by atoms with E-state index in [2.05, 4.69) is 15.6 Å². The fraction of sp³-hybridized carbons (Fsp3) is 0.158. The van der Waals surface area contributed by atoms with Crippen molar-refractivity contribution in [1.29, 1.82) is 0 Å². The number of carbonyl (C=O) groups excluding carboxylic acids is 3. The number of primary amides is 1. The van der Waals surface area contributed by atoms with Crippen molar-refractivity contribution >= 4 is 45.5 Å². The molecule has 0 bridgehead atoms. The number of amides is 3. The van der Waals surface area contributed by atoms with Gasteiger partial charge in [0.2, 0.25) is 11.8 Å². The fourth-order valence-electron chi connectivity index (χ4n) is 2.51. The van der Waals surface area contributed by atoms with E-state index in [1.165, 1.54) is 22.7 Å². The molecule has 1 aromatic carbocycles. The minimum Gasteiger partial charge on any atom is -0.369 e. The van der Waals surface area contributed by atoms with E-state index in [1.54, 1.807) is 22.9 Å². The maximum Gasteiger partial charge on any atom is 0.262 e. The zero-order valence-electron chi connectivity index (χ0n) is 14.8. The highest BCUT2D eigenvalue weighted by Gasteiger charge is 2.23. The quantitative estimate of drug-likeness (QED) is 0.524. The number of nitrogens with zero attached hydrogens (tertiary/aromatic N) is 1. The first-order valence-corrected chi connectivity index (χ1v) is 10.2. The van der Waals surface area contributed by atoms with Gasteiger partial charge in [0.05, 0.1) is 17.0 Å². The van der Waals surface area contributed by atoms with Crippen molar-refractivity contribution in [2.24, 2.45) is 5.73 Å². The molecule has 7 nitrogen and oxygen atoms in total. The van der Waals surface area contributed by atoms with Crippen LogP contribution in [-0.4, -0.2) is 28.7 Å². The molecule has 1 atom stereocenters. The van der Waals surface area contributed by atoms with Crippen molar-refractivity contribution in [3.05, 3.63) is 69.4 Å². The van der Waals surface area contributed by atoms with Crippen LogP contribution in [0.4, 0.5) is 5.13 Å². The monoisotopic (exact) mass is 414 g/mol. The molecule has 2 heterocycles. The normalized spacial score (nSPS) is 11.6. The average Bonchev–Trinajstić information content (AvgIpc) is 3.34. The van der Waals surface area contributed by atoms with E-state index in [-0.39, 0.29) is 18.2 Å². The van der Waals surface area contributed by atoms with Crippen LogP contribution in [0.1, 0.15) is 20.9 Å². The molecule has 3 amide bonds. The van der Waals surface area contributed by atoms with Gasteiger partial charge in [-0.1, -0.05) is 36.4 Å². The van der Waals surface area contributed by atoms with Crippen molar-refractivity contribution in [1.82, 2.24) is 10.3 Å². The topological polar surface area (TPSA) is 114 Å². The molecule has 0 saturated heterocycles. The van der Waals surface area contributed by atoms with Crippen LogP contribution in [0.2, 0.25) is 0 Å². The van der Waals surface area contributed by atoms with Crippen LogP contribution >= 0.6 is 22.7 Å². The summed E-state index contributed by atoms with van der Waals surface area (Å²) in [6.45, 7) is 0. The van der Waals surface area contributed by atoms with Gasteiger partial charge in [0.25, 0.3) is 5.91 Å². The van der Waals surface area contributed by atoms with Crippen molar-refractivity contribution in [2.45, 2.75) is 18.9 Å². The Labute approximate surface area is 169 Å². The molecule has 3 aromatic rings. The third kappa shape index (κ3) is 5.48. The SMILES string of the molecule is NC(=O)Cc1csc(NC(=O)C(Cc2ccccc2)NC(=O)c2cccs2)n1. The number of aromatic nitrogens is 1. The number of hydrogen-bond donors (Lipinski definition) is 3. The van der Waals surface area contributed by atoms with E-state index in [4.69, 9.17) is 5.73 Å². The average molecular weight is 415 g/mol. The summed E-state index contributed by atoms with van der Waals surface area (Å²) in [5, 5.41) is 9.32. The van der Waals surface area contributed by atoms with Gasteiger partial charge in [-0.25, -0.2) is 4.98 Å². The number of benzene rings is 1. The molecule has 0 aliphatic rings. The van der Waals surface area contributed by atoms with Gasteiger partial charge in [-0.15, -0.1) is 22.7 Å². The van der Waals surface area contributed by atoms with Gasteiger partial charge in [0.15, 0.2) is 5.13 Å². The fourth-order valence-corrected chi connectivity index (χ4v) is 3.85. The Balaban J connectivity index is 1.73. The van der Waals surface area contributed by atoms with Crippen LogP contribution < -0.4 is 16.4 Å². The van der Waals surface area contributed by atoms with Crippen LogP contribution in [0.25, 0.3) is 0 Å². The maximum atomic E-state index is 12.8. The highest BCUT2D eigenvalue weighted by atomic mass is 32.1. The lowest BCUT2D eigenvalue weighted by atomic mass is 10.1. The number of anilines is 1. The first kappa shape index (κ1) is 19.7. The molecular formula is C19H18N4O3S2. The lowest BCUT2D eigenvalue weighted by molar-refractivity contribution is -0.118. The number of thiophene rings is 1. The summed E-state index contributed by atoms with van der Waals surface area (Å²) in [5.41, 5.74) is 6.58. The van der Waals surface area contributed by atoms with Gasteiger partial charge >= 0.3 is 0 Å². The van der Waals surface area contributed by atoms with E-state index >= 15 is 0 Å². The molecule has 9 heteroatoms. The van der Waals surface area contributed by atoms with Gasteiger partial charge in [0, 0.05) is 11.8 Å². The molecule has 1 unspecified atom stereocenters. The summed E-state index contributed by atoms with van der Waals surface area (Å²) in [5.74, 6) is -1.18. The van der Waals surface area contributed by atoms with Crippen LogP contribution in [0.3, 0.4) is 0 Å². The Hall–Kier alpha value is -3.04. The van der Waals surface area contributed by atoms with Crippen LogP contribution in [0.15, 0.2) is 53.2 Å². The summed E-state index contributed by atoms with van der Waals surface area (Å²) in [4.78, 5) is 41.0. The van der Waals surface area contributed by atoms with Gasteiger partial charge in [0.1, 0.15) is 6.04 Å². The molecule has 144 valence electrons. The summed E-state index contributed by atoms with van der Waals surface area (Å²) in [7, 11) is 0. The Bertz CT molecular complexity index is 955. The van der Waals surface area contributed by atoms with E-state index in [0.29, 0.717) is 22.1 Å². The molecular weight excluding hydrogens is 396 g/mol. The lowest BCUT2D eigenvalue weighted by Gasteiger charge is -2.17. The molecule has 0 aliphatic carbocycles. The minimum absolute atomic E-state index is 0.00886. The number of nitrogens with one attached hydrogen (secondary N) is 2. The standard InChI is InChI=1S/C19H18N4O3S2/c20-16(24)10-13-11-28-19(21-13)23-17(25)14(9-12-5-2-1-3-6-12)22-18(26)15-7-4-8-27-15/h1-8,11,14H,9-10H2,(H2,20,24)(H,22,26)(H,21,23,25). The van der Waals surface area contributed by atoms with Gasteiger partial charge in [-0.3, -0.25) is 14.4 Å². The number of nitrogens with two attached hydrogens (primary N) is 1. The van der Waals surface area contributed by atoms with Crippen LogP contribution in [-0.2, 0) is 22.4 Å². The third-order valence-electron chi connectivity index (χ3n) is 3.79. The second-order valence-electron chi connectivity index (χ2n) is 5.97. The Morgan fingerprint density at radius 3 is 2.54 bits per heavy atom. The molecule has 0 spiro atoms. The van der Waals surface area contributed by atoms with Crippen molar-refractivity contribution in [3.63, 3.8) is 0 Å². The molecule has 0 aliphatic heterocycles. The minimum atomic E-state index is -0.777. The van der Waals surface area contributed by atoms with Gasteiger partial charge in [-0.2, -0.15) is 0 Å². The predicted molar refractivity (Wildman–Crippen MR) is 109 cm³/mol. The smallest absolute Gasteiger partial charge is 0.262 e. The van der Waals surface area contributed by atoms with Crippen LogP contribution in [0.5, 0.6) is 0 Å². The highest BCUT2D eigenvalue weighted by Crippen LogP contribution is 2.17. The van der Waals surface area contributed by atoms with E-state index < -0.39 is 11.9 Å². The number of rotatable bonds is 8. The van der Waals surface area contributed by atoms with Gasteiger partial charge < -0.3 is 16.4 Å². The summed E-state index contributed by atoms with van der Waals surface area (Å²) in [6, 6.07) is 12.1. The van der Waals surface area contributed by atoms with Gasteiger partial charge in [-0.05, 0) is 17.0 Å². The Kier molecular flexibility index (Phi) is 6.51. The second kappa shape index (κ2) is 9.25. The van der Waals surface area contributed by atoms with E-state index in [0.717, 1.165) is 5.56 Å². The largest absolute Gasteiger partial charge is 0.369 e. The first-order valence-electron chi connectivity index (χ1n) is 8.43. The number of thiazole rings is 1. The zero-order valence-corrected chi connectivity index (χ0v) is 16.4. The van der Waals surface area contributed by atoms with E-state index in [9.17, 15) is 14.4 Å². The number of carbonyl (C=O) groups is 3. The molecule has 0 radical (unpaired) electrons. The van der Waals surface area contributed by atoms with Crippen LogP contribution in [0, 0.1) is 0 Å². The molecule has 28 heavy (non-hydrogen) atoms. The highest BCUT2D eigenvalue weighted by molar-refractivity contribution is 7.14. The molecule has 2 aromatic heterocycles. The summed E-state index contributed by atoms with van der Waals surface area (Å²) in [6.07, 6.45) is 0.345. The second-order valence-corrected chi connectivity index (χ2v) is 7.78. The molecule has 0 saturated carbocycles. The predicted octanol–water partition coefficient (Wildman–Crippen LogP) is 2.21. The third-order valence-corrected chi connectivity index (χ3v) is 5.46. The molecule has 4 N–H and O–H groups in total. The first-order chi connectivity index (χ1) is 13.5. The van der Waals surface area contributed by atoms with Crippen molar-refractivity contribution in [3.8, 4) is 0 Å². The zero-order chi connectivity index (χ0) is 19.9. The van der Waals surface area contributed by atoms with Crippen molar-refractivity contribution in [2.75, 3.05) is 5.32 Å². The van der Waals surface area contributed by atoms with E-state index in [1.807, 2.05) is 30.3 Å². The summed E-state index contributed by atoms with van der Waals surface area (Å²) < 4.78 is 0. The van der Waals surface area contributed by atoms with Crippen molar-refractivity contribution < 1.29 is 14.4 Å². The number of hydrogen-bond acceptors (Lipinski definition) is 6. The maximum absolute atomic E-state index is 12.8.